The van der Waals surface area contributed by atoms with E-state index in [1.807, 2.05) is 17.6 Å². The Morgan fingerprint density at radius 3 is 3.00 bits per heavy atom. The fourth-order valence-corrected chi connectivity index (χ4v) is 3.52. The molecule has 0 aliphatic heterocycles. The van der Waals surface area contributed by atoms with Gasteiger partial charge < -0.3 is 5.32 Å². The second-order valence-electron chi connectivity index (χ2n) is 3.48. The fraction of sp³-hybridized carbons (Fsp3) is 0.364. The van der Waals surface area contributed by atoms with E-state index in [0.717, 1.165) is 21.5 Å². The molecule has 0 aliphatic rings. The molecule has 2 rings (SSSR count). The molecule has 16 heavy (non-hydrogen) atoms. The highest BCUT2D eigenvalue weighted by Gasteiger charge is 2.11. The van der Waals surface area contributed by atoms with Gasteiger partial charge in [-0.1, -0.05) is 18.5 Å². The molecule has 0 aromatic carbocycles. The van der Waals surface area contributed by atoms with E-state index in [1.54, 1.807) is 22.7 Å². The Hall–Kier alpha value is -0.420. The summed E-state index contributed by atoms with van der Waals surface area (Å²) in [7, 11) is 0. The number of nitrogens with one attached hydrogen (secondary N) is 1. The zero-order valence-electron chi connectivity index (χ0n) is 9.16. The van der Waals surface area contributed by atoms with Crippen LogP contribution in [0.25, 0.3) is 9.88 Å². The van der Waals surface area contributed by atoms with Crippen molar-refractivity contribution < 1.29 is 0 Å². The van der Waals surface area contributed by atoms with E-state index >= 15 is 0 Å². The van der Waals surface area contributed by atoms with Crippen LogP contribution in [-0.4, -0.2) is 11.5 Å². The summed E-state index contributed by atoms with van der Waals surface area (Å²) in [5.41, 5.74) is 0. The van der Waals surface area contributed by atoms with Crippen LogP contribution in [0.5, 0.6) is 0 Å². The molecule has 5 heteroatoms. The first-order valence-corrected chi connectivity index (χ1v) is 7.21. The van der Waals surface area contributed by atoms with Crippen molar-refractivity contribution in [3.63, 3.8) is 0 Å². The SMILES string of the molecule is CCNC(C)c1cnc(-c2cc(Cl)cs2)s1. The van der Waals surface area contributed by atoms with E-state index in [9.17, 15) is 0 Å². The molecule has 0 saturated heterocycles. The maximum Gasteiger partial charge on any atom is 0.133 e. The number of rotatable bonds is 4. The summed E-state index contributed by atoms with van der Waals surface area (Å²) in [5.74, 6) is 0. The minimum atomic E-state index is 0.367. The van der Waals surface area contributed by atoms with Crippen molar-refractivity contribution in [1.29, 1.82) is 0 Å². The molecule has 0 amide bonds. The normalized spacial score (nSPS) is 12.9. The van der Waals surface area contributed by atoms with Gasteiger partial charge in [0.1, 0.15) is 5.01 Å². The molecule has 1 atom stereocenters. The highest BCUT2D eigenvalue weighted by Crippen LogP contribution is 2.34. The zero-order valence-corrected chi connectivity index (χ0v) is 11.5. The molecule has 0 spiro atoms. The van der Waals surface area contributed by atoms with Crippen LogP contribution in [0.3, 0.4) is 0 Å². The summed E-state index contributed by atoms with van der Waals surface area (Å²) in [6.45, 7) is 5.24. The highest BCUT2D eigenvalue weighted by molar-refractivity contribution is 7.21. The lowest BCUT2D eigenvalue weighted by molar-refractivity contribution is 0.606. The van der Waals surface area contributed by atoms with E-state index in [4.69, 9.17) is 11.6 Å². The summed E-state index contributed by atoms with van der Waals surface area (Å²) in [6.07, 6.45) is 1.95. The van der Waals surface area contributed by atoms with Gasteiger partial charge in [0.2, 0.25) is 0 Å². The molecule has 0 radical (unpaired) electrons. The lowest BCUT2D eigenvalue weighted by Gasteiger charge is -2.07. The van der Waals surface area contributed by atoms with Crippen LogP contribution in [-0.2, 0) is 0 Å². The van der Waals surface area contributed by atoms with Gasteiger partial charge in [0.25, 0.3) is 0 Å². The first kappa shape index (κ1) is 12.0. The largest absolute Gasteiger partial charge is 0.310 e. The van der Waals surface area contributed by atoms with Crippen LogP contribution in [0.2, 0.25) is 5.02 Å². The van der Waals surface area contributed by atoms with E-state index < -0.39 is 0 Å². The summed E-state index contributed by atoms with van der Waals surface area (Å²) < 4.78 is 0. The molecule has 2 aromatic heterocycles. The fourth-order valence-electron chi connectivity index (χ4n) is 1.43. The summed E-state index contributed by atoms with van der Waals surface area (Å²) in [5, 5.41) is 7.16. The number of halogens is 1. The molecule has 1 unspecified atom stereocenters. The topological polar surface area (TPSA) is 24.9 Å². The predicted octanol–water partition coefficient (Wildman–Crippen LogP) is 4.20. The second-order valence-corrected chi connectivity index (χ2v) is 5.89. The standard InChI is InChI=1S/C11H13ClN2S2/c1-3-13-7(2)10-5-14-11(16-10)9-4-8(12)6-15-9/h4-7,13H,3H2,1-2H3. The maximum absolute atomic E-state index is 5.90. The van der Waals surface area contributed by atoms with Crippen LogP contribution in [0.4, 0.5) is 0 Å². The third kappa shape index (κ3) is 2.63. The van der Waals surface area contributed by atoms with Crippen LogP contribution >= 0.6 is 34.3 Å². The summed E-state index contributed by atoms with van der Waals surface area (Å²) in [4.78, 5) is 6.84. The van der Waals surface area contributed by atoms with Crippen molar-refractivity contribution in [1.82, 2.24) is 10.3 Å². The molecular weight excluding hydrogens is 260 g/mol. The quantitative estimate of drug-likeness (QED) is 0.902. The molecule has 0 fully saturated rings. The Balaban J connectivity index is 2.19. The van der Waals surface area contributed by atoms with Gasteiger partial charge in [-0.25, -0.2) is 4.98 Å². The number of aromatic nitrogens is 1. The molecular formula is C11H13ClN2S2. The molecule has 0 saturated carbocycles. The monoisotopic (exact) mass is 272 g/mol. The Bertz CT molecular complexity index is 464. The molecule has 0 bridgehead atoms. The first-order chi connectivity index (χ1) is 7.70. The van der Waals surface area contributed by atoms with Gasteiger partial charge in [-0.3, -0.25) is 0 Å². The van der Waals surface area contributed by atoms with Gasteiger partial charge in [-0.05, 0) is 19.5 Å². The maximum atomic E-state index is 5.90. The van der Waals surface area contributed by atoms with Gasteiger partial charge in [-0.2, -0.15) is 0 Å². The van der Waals surface area contributed by atoms with Crippen molar-refractivity contribution in [3.8, 4) is 9.88 Å². The molecule has 1 N–H and O–H groups in total. The third-order valence-corrected chi connectivity index (χ3v) is 4.87. The van der Waals surface area contributed by atoms with Crippen molar-refractivity contribution >= 4 is 34.3 Å². The van der Waals surface area contributed by atoms with Gasteiger partial charge in [0, 0.05) is 22.5 Å². The van der Waals surface area contributed by atoms with E-state index in [1.165, 1.54) is 4.88 Å². The van der Waals surface area contributed by atoms with Gasteiger partial charge in [0.15, 0.2) is 0 Å². The average Bonchev–Trinajstić information content (AvgIpc) is 2.85. The Labute approximate surface area is 108 Å². The zero-order chi connectivity index (χ0) is 11.5. The molecule has 0 aliphatic carbocycles. The number of thiazole rings is 1. The Morgan fingerprint density at radius 1 is 1.56 bits per heavy atom. The Kier molecular flexibility index (Phi) is 3.97. The molecule has 2 aromatic rings. The van der Waals surface area contributed by atoms with Crippen molar-refractivity contribution in [2.75, 3.05) is 6.54 Å². The number of thiophene rings is 1. The lowest BCUT2D eigenvalue weighted by Crippen LogP contribution is -2.16. The number of hydrogen-bond acceptors (Lipinski definition) is 4. The Morgan fingerprint density at radius 2 is 2.38 bits per heavy atom. The van der Waals surface area contributed by atoms with Crippen LogP contribution in [0, 0.1) is 0 Å². The minimum absolute atomic E-state index is 0.367. The molecule has 86 valence electrons. The lowest BCUT2D eigenvalue weighted by atomic mass is 10.3. The van der Waals surface area contributed by atoms with Gasteiger partial charge >= 0.3 is 0 Å². The minimum Gasteiger partial charge on any atom is -0.310 e. The number of hydrogen-bond donors (Lipinski definition) is 1. The first-order valence-electron chi connectivity index (χ1n) is 5.14. The molecule has 2 heterocycles. The van der Waals surface area contributed by atoms with E-state index in [-0.39, 0.29) is 0 Å². The average molecular weight is 273 g/mol. The van der Waals surface area contributed by atoms with Gasteiger partial charge in [0.05, 0.1) is 9.90 Å². The summed E-state index contributed by atoms with van der Waals surface area (Å²) in [6, 6.07) is 2.33. The highest BCUT2D eigenvalue weighted by atomic mass is 35.5. The predicted molar refractivity (Wildman–Crippen MR) is 72.5 cm³/mol. The van der Waals surface area contributed by atoms with Crippen molar-refractivity contribution in [3.05, 3.63) is 27.5 Å². The number of nitrogens with zero attached hydrogens (tertiary/aromatic N) is 1. The smallest absolute Gasteiger partial charge is 0.133 e. The van der Waals surface area contributed by atoms with Crippen LogP contribution in [0.15, 0.2) is 17.6 Å². The van der Waals surface area contributed by atoms with Gasteiger partial charge in [-0.15, -0.1) is 22.7 Å². The summed E-state index contributed by atoms with van der Waals surface area (Å²) >= 11 is 9.27. The van der Waals surface area contributed by atoms with Crippen molar-refractivity contribution in [2.24, 2.45) is 0 Å². The third-order valence-electron chi connectivity index (χ3n) is 2.24. The van der Waals surface area contributed by atoms with E-state index in [0.29, 0.717) is 6.04 Å². The van der Waals surface area contributed by atoms with Crippen molar-refractivity contribution in [2.45, 2.75) is 19.9 Å². The molecule has 2 nitrogen and oxygen atoms in total. The van der Waals surface area contributed by atoms with E-state index in [2.05, 4.69) is 24.1 Å². The van der Waals surface area contributed by atoms with Crippen LogP contribution in [0.1, 0.15) is 24.8 Å². The second kappa shape index (κ2) is 5.27. The van der Waals surface area contributed by atoms with Crippen LogP contribution < -0.4 is 5.32 Å².